The van der Waals surface area contributed by atoms with Crippen molar-refractivity contribution in [1.82, 2.24) is 10.2 Å². The number of likely N-dealkylation sites (tertiary alicyclic amines) is 1. The quantitative estimate of drug-likeness (QED) is 0.360. The summed E-state index contributed by atoms with van der Waals surface area (Å²) in [6.07, 6.45) is -4.54. The zero-order chi connectivity index (χ0) is 28.7. The van der Waals surface area contributed by atoms with Crippen molar-refractivity contribution in [2.75, 3.05) is 26.3 Å². The van der Waals surface area contributed by atoms with Crippen molar-refractivity contribution in [3.8, 4) is 17.2 Å². The molecule has 0 aromatic heterocycles. The van der Waals surface area contributed by atoms with Crippen LogP contribution in [0.3, 0.4) is 0 Å². The van der Waals surface area contributed by atoms with E-state index in [-0.39, 0.29) is 17.4 Å². The van der Waals surface area contributed by atoms with Crippen molar-refractivity contribution in [2.24, 2.45) is 0 Å². The molecule has 1 aliphatic heterocycles. The van der Waals surface area contributed by atoms with Crippen LogP contribution in [-0.2, 0) is 0 Å². The predicted molar refractivity (Wildman–Crippen MR) is 143 cm³/mol. The largest absolute Gasteiger partial charge is 0.573 e. The molecule has 1 aliphatic rings. The minimum atomic E-state index is -4.93. The molecule has 0 aliphatic carbocycles. The SMILES string of the molecule is CCOc1ccc(C(=O)N2CC[C@@H](NC(=O)c3ccccc3OC(F)(F)F)[C@@H](c3ccccc3)C2)cc1OCC. The Morgan fingerprint density at radius 3 is 2.27 bits per heavy atom. The Kier molecular flexibility index (Phi) is 9.19. The van der Waals surface area contributed by atoms with Gasteiger partial charge in [-0.25, -0.2) is 0 Å². The van der Waals surface area contributed by atoms with Gasteiger partial charge in [0, 0.05) is 30.6 Å². The molecule has 3 aromatic carbocycles. The Morgan fingerprint density at radius 1 is 0.900 bits per heavy atom. The molecule has 7 nitrogen and oxygen atoms in total. The molecule has 0 bridgehead atoms. The first-order valence-electron chi connectivity index (χ1n) is 13.1. The number of carbonyl (C=O) groups excluding carboxylic acids is 2. The number of ether oxygens (including phenoxy) is 3. The molecular formula is C30H31F3N2O5. The summed E-state index contributed by atoms with van der Waals surface area (Å²) in [5, 5.41) is 2.90. The molecule has 1 N–H and O–H groups in total. The van der Waals surface area contributed by atoms with Gasteiger partial charge < -0.3 is 24.4 Å². The molecule has 1 saturated heterocycles. The summed E-state index contributed by atoms with van der Waals surface area (Å²) < 4.78 is 54.1. The highest BCUT2D eigenvalue weighted by Crippen LogP contribution is 2.33. The van der Waals surface area contributed by atoms with Crippen LogP contribution in [0.1, 0.15) is 52.5 Å². The monoisotopic (exact) mass is 556 g/mol. The normalized spacial score (nSPS) is 17.2. The van der Waals surface area contributed by atoms with Crippen molar-refractivity contribution < 1.29 is 37.0 Å². The fraction of sp³-hybridized carbons (Fsp3) is 0.333. The Morgan fingerprint density at radius 2 is 1.57 bits per heavy atom. The number of amides is 2. The number of carbonyl (C=O) groups is 2. The van der Waals surface area contributed by atoms with E-state index in [1.165, 1.54) is 18.2 Å². The first-order chi connectivity index (χ1) is 19.2. The zero-order valence-corrected chi connectivity index (χ0v) is 22.2. The summed E-state index contributed by atoms with van der Waals surface area (Å²) in [5.74, 6) is -0.711. The number of nitrogens with zero attached hydrogens (tertiary/aromatic N) is 1. The molecule has 4 rings (SSSR count). The fourth-order valence-electron chi connectivity index (χ4n) is 4.83. The Hall–Kier alpha value is -4.21. The molecule has 0 spiro atoms. The van der Waals surface area contributed by atoms with Crippen LogP contribution in [0.2, 0.25) is 0 Å². The van der Waals surface area contributed by atoms with Crippen LogP contribution in [0.15, 0.2) is 72.8 Å². The van der Waals surface area contributed by atoms with E-state index in [1.54, 1.807) is 23.1 Å². The predicted octanol–water partition coefficient (Wildman–Crippen LogP) is 5.81. The lowest BCUT2D eigenvalue weighted by atomic mass is 9.85. The smallest absolute Gasteiger partial charge is 0.490 e. The van der Waals surface area contributed by atoms with Gasteiger partial charge >= 0.3 is 6.36 Å². The molecule has 0 saturated carbocycles. The third kappa shape index (κ3) is 7.05. The number of hydrogen-bond donors (Lipinski definition) is 1. The molecule has 0 radical (unpaired) electrons. The van der Waals surface area contributed by atoms with Gasteiger partial charge in [0.2, 0.25) is 0 Å². The van der Waals surface area contributed by atoms with Crippen molar-refractivity contribution in [2.45, 2.75) is 38.6 Å². The van der Waals surface area contributed by atoms with E-state index in [0.29, 0.717) is 49.8 Å². The number of nitrogens with one attached hydrogen (secondary N) is 1. The van der Waals surface area contributed by atoms with Crippen LogP contribution < -0.4 is 19.5 Å². The van der Waals surface area contributed by atoms with E-state index in [9.17, 15) is 22.8 Å². The van der Waals surface area contributed by atoms with Crippen LogP contribution in [-0.4, -0.2) is 55.4 Å². The topological polar surface area (TPSA) is 77.1 Å². The van der Waals surface area contributed by atoms with Crippen LogP contribution in [0.5, 0.6) is 17.2 Å². The lowest BCUT2D eigenvalue weighted by Crippen LogP contribution is -2.51. The maximum absolute atomic E-state index is 13.5. The van der Waals surface area contributed by atoms with E-state index in [1.807, 2.05) is 44.2 Å². The van der Waals surface area contributed by atoms with Gasteiger partial charge in [0.05, 0.1) is 18.8 Å². The summed E-state index contributed by atoms with van der Waals surface area (Å²) in [5.41, 5.74) is 1.12. The number of rotatable bonds is 9. The standard InChI is InChI=1S/C30H31F3N2O5/c1-3-38-26-15-14-21(18-27(26)39-4-2)29(37)35-17-16-24(23(19-35)20-10-6-5-7-11-20)34-28(36)22-12-8-9-13-25(22)40-30(31,32)33/h5-15,18,23-24H,3-4,16-17,19H2,1-2H3,(H,34,36)/t23-,24-/m1/s1. The van der Waals surface area contributed by atoms with Gasteiger partial charge in [-0.2, -0.15) is 0 Å². The first kappa shape index (κ1) is 28.8. The molecule has 2 amide bonds. The molecular weight excluding hydrogens is 525 g/mol. The van der Waals surface area contributed by atoms with Gasteiger partial charge in [-0.15, -0.1) is 13.2 Å². The van der Waals surface area contributed by atoms with E-state index in [2.05, 4.69) is 10.1 Å². The molecule has 10 heteroatoms. The Labute approximate surface area is 230 Å². The summed E-state index contributed by atoms with van der Waals surface area (Å²) in [6, 6.07) is 19.3. The highest BCUT2D eigenvalue weighted by molar-refractivity contribution is 5.97. The molecule has 3 aromatic rings. The Balaban J connectivity index is 1.56. The number of halogens is 3. The molecule has 2 atom stereocenters. The number of benzene rings is 3. The van der Waals surface area contributed by atoms with Crippen molar-refractivity contribution in [1.29, 1.82) is 0 Å². The summed E-state index contributed by atoms with van der Waals surface area (Å²) in [4.78, 5) is 28.4. The van der Waals surface area contributed by atoms with E-state index in [0.717, 1.165) is 11.6 Å². The minimum absolute atomic E-state index is 0.196. The van der Waals surface area contributed by atoms with E-state index >= 15 is 0 Å². The number of piperidine rings is 1. The van der Waals surface area contributed by atoms with Gasteiger partial charge in [0.1, 0.15) is 5.75 Å². The fourth-order valence-corrected chi connectivity index (χ4v) is 4.83. The lowest BCUT2D eigenvalue weighted by Gasteiger charge is -2.39. The van der Waals surface area contributed by atoms with Crippen molar-refractivity contribution in [3.63, 3.8) is 0 Å². The van der Waals surface area contributed by atoms with Gasteiger partial charge in [0.25, 0.3) is 11.8 Å². The van der Waals surface area contributed by atoms with Gasteiger partial charge in [0.15, 0.2) is 11.5 Å². The second kappa shape index (κ2) is 12.8. The number of para-hydroxylation sites is 1. The highest BCUT2D eigenvalue weighted by atomic mass is 19.4. The Bertz CT molecular complexity index is 1320. The molecule has 1 fully saturated rings. The molecule has 1 heterocycles. The first-order valence-corrected chi connectivity index (χ1v) is 13.1. The third-order valence-corrected chi connectivity index (χ3v) is 6.59. The van der Waals surface area contributed by atoms with Crippen molar-refractivity contribution >= 4 is 11.8 Å². The van der Waals surface area contributed by atoms with Gasteiger partial charge in [-0.3, -0.25) is 9.59 Å². The highest BCUT2D eigenvalue weighted by Gasteiger charge is 2.36. The van der Waals surface area contributed by atoms with Crippen LogP contribution in [0.25, 0.3) is 0 Å². The number of alkyl halides is 3. The second-order valence-corrected chi connectivity index (χ2v) is 9.21. The average Bonchev–Trinajstić information content (AvgIpc) is 2.94. The second-order valence-electron chi connectivity index (χ2n) is 9.21. The minimum Gasteiger partial charge on any atom is -0.490 e. The molecule has 212 valence electrons. The van der Waals surface area contributed by atoms with Gasteiger partial charge in [-0.1, -0.05) is 42.5 Å². The van der Waals surface area contributed by atoms with Crippen LogP contribution >= 0.6 is 0 Å². The molecule has 0 unspecified atom stereocenters. The number of hydrogen-bond acceptors (Lipinski definition) is 5. The van der Waals surface area contributed by atoms with Gasteiger partial charge in [-0.05, 0) is 56.2 Å². The zero-order valence-electron chi connectivity index (χ0n) is 22.2. The summed E-state index contributed by atoms with van der Waals surface area (Å²) in [7, 11) is 0. The average molecular weight is 557 g/mol. The summed E-state index contributed by atoms with van der Waals surface area (Å²) in [6.45, 7) is 5.22. The maximum Gasteiger partial charge on any atom is 0.573 e. The molecule has 40 heavy (non-hydrogen) atoms. The third-order valence-electron chi connectivity index (χ3n) is 6.59. The van der Waals surface area contributed by atoms with Crippen LogP contribution in [0.4, 0.5) is 13.2 Å². The lowest BCUT2D eigenvalue weighted by molar-refractivity contribution is -0.274. The van der Waals surface area contributed by atoms with Crippen molar-refractivity contribution in [3.05, 3.63) is 89.5 Å². The van der Waals surface area contributed by atoms with E-state index < -0.39 is 24.1 Å². The van der Waals surface area contributed by atoms with E-state index in [4.69, 9.17) is 9.47 Å². The van der Waals surface area contributed by atoms with Crippen LogP contribution in [0, 0.1) is 0 Å². The maximum atomic E-state index is 13.5. The summed E-state index contributed by atoms with van der Waals surface area (Å²) >= 11 is 0.